The van der Waals surface area contributed by atoms with Crippen LogP contribution in [0.15, 0.2) is 24.7 Å². The molecule has 0 amide bonds. The van der Waals surface area contributed by atoms with Crippen LogP contribution in [0, 0.1) is 5.82 Å². The summed E-state index contributed by atoms with van der Waals surface area (Å²) >= 11 is 0. The minimum absolute atomic E-state index is 0.179. The van der Waals surface area contributed by atoms with Gasteiger partial charge in [0.05, 0.1) is 12.9 Å². The Balaban J connectivity index is 1.37. The zero-order valence-corrected chi connectivity index (χ0v) is 18.1. The van der Waals surface area contributed by atoms with E-state index in [1.54, 1.807) is 12.4 Å². The van der Waals surface area contributed by atoms with E-state index < -0.39 is 10.0 Å². The Morgan fingerprint density at radius 3 is 2.81 bits per heavy atom. The van der Waals surface area contributed by atoms with Gasteiger partial charge >= 0.3 is 0 Å². The van der Waals surface area contributed by atoms with Gasteiger partial charge < -0.3 is 4.74 Å². The van der Waals surface area contributed by atoms with Gasteiger partial charge in [0.1, 0.15) is 23.7 Å². The zero-order valence-electron chi connectivity index (χ0n) is 17.3. The van der Waals surface area contributed by atoms with Crippen LogP contribution in [-0.4, -0.2) is 58.3 Å². The molecule has 31 heavy (non-hydrogen) atoms. The Hall–Kier alpha value is -2.59. The molecular formula is C21H24FN5O3S. The number of rotatable bonds is 5. The highest BCUT2D eigenvalue weighted by molar-refractivity contribution is 7.88. The fourth-order valence-electron chi connectivity index (χ4n) is 4.68. The van der Waals surface area contributed by atoms with E-state index in [9.17, 15) is 12.8 Å². The predicted molar refractivity (Wildman–Crippen MR) is 112 cm³/mol. The maximum Gasteiger partial charge on any atom is 0.211 e. The first-order valence-corrected chi connectivity index (χ1v) is 12.3. The Morgan fingerprint density at radius 1 is 1.23 bits per heavy atom. The van der Waals surface area contributed by atoms with Crippen LogP contribution in [0.4, 0.5) is 4.39 Å². The molecule has 0 radical (unpaired) electrons. The van der Waals surface area contributed by atoms with Crippen LogP contribution in [0.5, 0.6) is 5.75 Å². The topological polar surface area (TPSA) is 89.7 Å². The lowest BCUT2D eigenvalue weighted by atomic mass is 9.91. The van der Waals surface area contributed by atoms with Crippen molar-refractivity contribution in [1.82, 2.24) is 23.9 Å². The standard InChI is InChI=1S/C21H24FN5O3S/c1-31(28,29)26-9-6-14(7-10-26)17-12-23-20(27-13-24-25-21(17)27)5-2-15-16-8-11-30-19(16)4-3-18(15)22/h3-4,12-14H,2,5-11H2,1H3. The molecule has 1 saturated heterocycles. The van der Waals surface area contributed by atoms with Gasteiger partial charge in [-0.1, -0.05) is 0 Å². The van der Waals surface area contributed by atoms with E-state index in [-0.39, 0.29) is 11.7 Å². The summed E-state index contributed by atoms with van der Waals surface area (Å²) in [6, 6.07) is 3.16. The minimum Gasteiger partial charge on any atom is -0.493 e. The predicted octanol–water partition coefficient (Wildman–Crippen LogP) is 2.12. The van der Waals surface area contributed by atoms with E-state index in [1.165, 1.54) is 16.6 Å². The zero-order chi connectivity index (χ0) is 21.6. The molecule has 0 atom stereocenters. The van der Waals surface area contributed by atoms with Crippen LogP contribution >= 0.6 is 0 Å². The minimum atomic E-state index is -3.17. The van der Waals surface area contributed by atoms with Crippen molar-refractivity contribution in [3.05, 3.63) is 53.0 Å². The van der Waals surface area contributed by atoms with Gasteiger partial charge in [-0.2, -0.15) is 0 Å². The van der Waals surface area contributed by atoms with Gasteiger partial charge in [-0.25, -0.2) is 22.1 Å². The fraction of sp³-hybridized carbons (Fsp3) is 0.476. The number of aryl methyl sites for hydroxylation is 1. The summed E-state index contributed by atoms with van der Waals surface area (Å²) in [5.74, 6) is 1.51. The molecule has 0 N–H and O–H groups in total. The van der Waals surface area contributed by atoms with E-state index in [2.05, 4.69) is 15.2 Å². The average molecular weight is 446 g/mol. The molecule has 0 unspecified atom stereocenters. The monoisotopic (exact) mass is 445 g/mol. The Bertz CT molecular complexity index is 1240. The van der Waals surface area contributed by atoms with E-state index in [0.717, 1.165) is 47.6 Å². The molecule has 8 nitrogen and oxygen atoms in total. The van der Waals surface area contributed by atoms with Crippen LogP contribution in [0.25, 0.3) is 5.65 Å². The van der Waals surface area contributed by atoms with E-state index in [4.69, 9.17) is 4.74 Å². The smallest absolute Gasteiger partial charge is 0.211 e. The first kappa shape index (κ1) is 20.3. The Morgan fingerprint density at radius 2 is 2.03 bits per heavy atom. The van der Waals surface area contributed by atoms with Crippen LogP contribution in [0.2, 0.25) is 0 Å². The lowest BCUT2D eigenvalue weighted by molar-refractivity contribution is 0.321. The van der Waals surface area contributed by atoms with Crippen LogP contribution in [-0.2, 0) is 29.3 Å². The van der Waals surface area contributed by atoms with Crippen LogP contribution in [0.1, 0.15) is 41.3 Å². The highest BCUT2D eigenvalue weighted by Crippen LogP contribution is 2.32. The van der Waals surface area contributed by atoms with E-state index in [1.807, 2.05) is 10.6 Å². The SMILES string of the molecule is CS(=O)(=O)N1CCC(c2cnc(CCc3c(F)ccc4c3CCO4)n3cnnc23)CC1. The number of hydrogen-bond acceptors (Lipinski definition) is 6. The first-order chi connectivity index (χ1) is 14.9. The molecule has 164 valence electrons. The van der Waals surface area contributed by atoms with Crippen molar-refractivity contribution < 1.29 is 17.5 Å². The van der Waals surface area contributed by atoms with Gasteiger partial charge in [0.15, 0.2) is 5.65 Å². The molecule has 3 aromatic rings. The molecule has 1 aromatic carbocycles. The molecular weight excluding hydrogens is 421 g/mol. The number of halogens is 1. The molecule has 0 saturated carbocycles. The molecule has 2 aliphatic heterocycles. The number of piperidine rings is 1. The van der Waals surface area contributed by atoms with Crippen molar-refractivity contribution in [2.45, 2.75) is 38.0 Å². The number of ether oxygens (including phenoxy) is 1. The summed E-state index contributed by atoms with van der Waals surface area (Å²) in [7, 11) is -3.17. The second kappa shape index (κ2) is 7.83. The summed E-state index contributed by atoms with van der Waals surface area (Å²) < 4.78 is 47.0. The number of benzene rings is 1. The van der Waals surface area contributed by atoms with Crippen molar-refractivity contribution in [1.29, 1.82) is 0 Å². The molecule has 0 bridgehead atoms. The second-order valence-corrected chi connectivity index (χ2v) is 10.2. The van der Waals surface area contributed by atoms with E-state index >= 15 is 0 Å². The Labute approximate surface area is 180 Å². The van der Waals surface area contributed by atoms with Crippen molar-refractivity contribution in [2.75, 3.05) is 26.0 Å². The lowest BCUT2D eigenvalue weighted by Gasteiger charge is -2.30. The quantitative estimate of drug-likeness (QED) is 0.598. The summed E-state index contributed by atoms with van der Waals surface area (Å²) in [6.45, 7) is 1.57. The van der Waals surface area contributed by atoms with Crippen molar-refractivity contribution in [3.8, 4) is 5.75 Å². The molecule has 2 aliphatic rings. The van der Waals surface area contributed by atoms with Gasteiger partial charge in [-0.3, -0.25) is 4.40 Å². The number of hydrogen-bond donors (Lipinski definition) is 0. The maximum atomic E-state index is 14.5. The van der Waals surface area contributed by atoms with Crippen LogP contribution < -0.4 is 4.74 Å². The second-order valence-electron chi connectivity index (χ2n) is 8.19. The van der Waals surface area contributed by atoms with Gasteiger partial charge in [0.25, 0.3) is 0 Å². The maximum absolute atomic E-state index is 14.5. The highest BCUT2D eigenvalue weighted by Gasteiger charge is 2.28. The summed E-state index contributed by atoms with van der Waals surface area (Å²) in [5, 5.41) is 8.37. The van der Waals surface area contributed by atoms with Gasteiger partial charge in [-0.05, 0) is 42.9 Å². The largest absolute Gasteiger partial charge is 0.493 e. The number of aromatic nitrogens is 4. The number of fused-ring (bicyclic) bond motifs is 2. The average Bonchev–Trinajstić information content (AvgIpc) is 3.42. The fourth-order valence-corrected chi connectivity index (χ4v) is 5.55. The molecule has 0 spiro atoms. The summed E-state index contributed by atoms with van der Waals surface area (Å²) in [6.07, 6.45) is 7.95. The van der Waals surface area contributed by atoms with Gasteiger partial charge in [0.2, 0.25) is 10.0 Å². The first-order valence-electron chi connectivity index (χ1n) is 10.5. The molecule has 4 heterocycles. The highest BCUT2D eigenvalue weighted by atomic mass is 32.2. The van der Waals surface area contributed by atoms with Crippen molar-refractivity contribution in [2.24, 2.45) is 0 Å². The molecule has 1 fully saturated rings. The van der Waals surface area contributed by atoms with Gasteiger partial charge in [0, 0.05) is 43.3 Å². The van der Waals surface area contributed by atoms with Crippen molar-refractivity contribution >= 4 is 15.7 Å². The van der Waals surface area contributed by atoms with Crippen molar-refractivity contribution in [3.63, 3.8) is 0 Å². The molecule has 5 rings (SSSR count). The number of sulfonamides is 1. The summed E-state index contributed by atoms with van der Waals surface area (Å²) in [4.78, 5) is 4.66. The normalized spacial score (nSPS) is 17.7. The number of nitrogens with zero attached hydrogens (tertiary/aromatic N) is 5. The van der Waals surface area contributed by atoms with Gasteiger partial charge in [-0.15, -0.1) is 10.2 Å². The molecule has 10 heteroatoms. The third-order valence-electron chi connectivity index (χ3n) is 6.34. The van der Waals surface area contributed by atoms with E-state index in [0.29, 0.717) is 38.1 Å². The third-order valence-corrected chi connectivity index (χ3v) is 7.64. The molecule has 2 aromatic heterocycles. The third kappa shape index (κ3) is 3.78. The Kier molecular flexibility index (Phi) is 5.13. The lowest BCUT2D eigenvalue weighted by Crippen LogP contribution is -2.37. The molecule has 0 aliphatic carbocycles. The van der Waals surface area contributed by atoms with Crippen LogP contribution in [0.3, 0.4) is 0 Å². The summed E-state index contributed by atoms with van der Waals surface area (Å²) in [5.41, 5.74) is 3.36.